The lowest BCUT2D eigenvalue weighted by Crippen LogP contribution is -1.92. The molecule has 0 aromatic carbocycles. The third kappa shape index (κ3) is 1.50. The van der Waals surface area contributed by atoms with E-state index in [1.165, 1.54) is 18.7 Å². The van der Waals surface area contributed by atoms with Gasteiger partial charge in [0.1, 0.15) is 6.33 Å². The number of nitrogens with zero attached hydrogens (tertiary/aromatic N) is 4. The second kappa shape index (κ2) is 3.28. The summed E-state index contributed by atoms with van der Waals surface area (Å²) in [5.41, 5.74) is 0.539. The van der Waals surface area contributed by atoms with Crippen LogP contribution in [0.3, 0.4) is 0 Å². The largest absolute Gasteiger partial charge is 0.244 e. The third-order valence-corrected chi connectivity index (χ3v) is 1.17. The summed E-state index contributed by atoms with van der Waals surface area (Å²) in [5.74, 6) is -0.754. The summed E-state index contributed by atoms with van der Waals surface area (Å²) < 4.78 is 0. The van der Waals surface area contributed by atoms with Gasteiger partial charge in [0.15, 0.2) is 5.92 Å². The first-order valence-corrected chi connectivity index (χ1v) is 2.92. The molecule has 0 aliphatic carbocycles. The molecule has 11 heavy (non-hydrogen) atoms. The molecule has 0 bridgehead atoms. The first kappa shape index (κ1) is 7.17. The van der Waals surface area contributed by atoms with Gasteiger partial charge in [-0.2, -0.15) is 10.5 Å². The van der Waals surface area contributed by atoms with Gasteiger partial charge in [-0.1, -0.05) is 0 Å². The van der Waals surface area contributed by atoms with Crippen LogP contribution in [0, 0.1) is 22.7 Å². The molecule has 0 unspecified atom stereocenters. The van der Waals surface area contributed by atoms with Crippen LogP contribution < -0.4 is 0 Å². The summed E-state index contributed by atoms with van der Waals surface area (Å²) in [6.45, 7) is 0. The van der Waals surface area contributed by atoms with Gasteiger partial charge in [-0.15, -0.1) is 0 Å². The van der Waals surface area contributed by atoms with Gasteiger partial charge in [0, 0.05) is 18.0 Å². The van der Waals surface area contributed by atoms with Crippen molar-refractivity contribution in [1.82, 2.24) is 9.97 Å². The van der Waals surface area contributed by atoms with E-state index in [1.807, 2.05) is 12.1 Å². The van der Waals surface area contributed by atoms with Crippen molar-refractivity contribution in [2.75, 3.05) is 0 Å². The SMILES string of the molecule is N#CC(C#N)c1cncnc1. The highest BCUT2D eigenvalue weighted by molar-refractivity contribution is 5.25. The molecule has 1 aromatic rings. The Morgan fingerprint density at radius 3 is 2.18 bits per heavy atom. The molecule has 52 valence electrons. The van der Waals surface area contributed by atoms with Crippen molar-refractivity contribution in [2.45, 2.75) is 5.92 Å². The van der Waals surface area contributed by atoms with E-state index in [2.05, 4.69) is 9.97 Å². The Balaban J connectivity index is 2.96. The Bertz CT molecular complexity index is 291. The Hall–Kier alpha value is -1.94. The molecule has 1 aromatic heterocycles. The number of hydrogen-bond donors (Lipinski definition) is 0. The molecule has 1 heterocycles. The van der Waals surface area contributed by atoms with Crippen molar-refractivity contribution in [3.8, 4) is 12.1 Å². The van der Waals surface area contributed by atoms with E-state index in [0.29, 0.717) is 5.56 Å². The second-order valence-corrected chi connectivity index (χ2v) is 1.86. The van der Waals surface area contributed by atoms with Crippen LogP contribution in [-0.4, -0.2) is 9.97 Å². The molecule has 0 saturated carbocycles. The van der Waals surface area contributed by atoms with Crippen LogP contribution in [0.15, 0.2) is 18.7 Å². The monoisotopic (exact) mass is 144 g/mol. The lowest BCUT2D eigenvalue weighted by Gasteiger charge is -1.95. The summed E-state index contributed by atoms with van der Waals surface area (Å²) in [4.78, 5) is 7.38. The van der Waals surface area contributed by atoms with Crippen molar-refractivity contribution >= 4 is 0 Å². The minimum Gasteiger partial charge on any atom is -0.244 e. The molecule has 0 atom stereocenters. The van der Waals surface area contributed by atoms with Crippen molar-refractivity contribution in [1.29, 1.82) is 10.5 Å². The predicted molar refractivity (Wildman–Crippen MR) is 36.0 cm³/mol. The van der Waals surface area contributed by atoms with Gasteiger partial charge in [-0.3, -0.25) is 0 Å². The third-order valence-electron chi connectivity index (χ3n) is 1.17. The fourth-order valence-corrected chi connectivity index (χ4v) is 0.638. The van der Waals surface area contributed by atoms with E-state index in [1.54, 1.807) is 0 Å². The maximum Gasteiger partial charge on any atom is 0.161 e. The maximum atomic E-state index is 8.45. The van der Waals surface area contributed by atoms with Crippen molar-refractivity contribution in [2.24, 2.45) is 0 Å². The van der Waals surface area contributed by atoms with Gasteiger partial charge >= 0.3 is 0 Å². The summed E-state index contributed by atoms with van der Waals surface area (Å²) in [5, 5.41) is 16.9. The Labute approximate surface area is 63.8 Å². The highest BCUT2D eigenvalue weighted by Crippen LogP contribution is 2.09. The zero-order valence-electron chi connectivity index (χ0n) is 5.60. The zero-order valence-corrected chi connectivity index (χ0v) is 5.60. The predicted octanol–water partition coefficient (Wildman–Crippen LogP) is 0.607. The average molecular weight is 144 g/mol. The van der Waals surface area contributed by atoms with E-state index >= 15 is 0 Å². The van der Waals surface area contributed by atoms with Crippen LogP contribution in [0.25, 0.3) is 0 Å². The maximum absolute atomic E-state index is 8.45. The fraction of sp³-hybridized carbons (Fsp3) is 0.143. The Morgan fingerprint density at radius 2 is 1.73 bits per heavy atom. The lowest BCUT2D eigenvalue weighted by molar-refractivity contribution is 1.03. The summed E-state index contributed by atoms with van der Waals surface area (Å²) in [6, 6.07) is 3.65. The van der Waals surface area contributed by atoms with Crippen molar-refractivity contribution < 1.29 is 0 Å². The Kier molecular flexibility index (Phi) is 2.14. The number of hydrogen-bond acceptors (Lipinski definition) is 4. The minimum atomic E-state index is -0.754. The summed E-state index contributed by atoms with van der Waals surface area (Å²) >= 11 is 0. The lowest BCUT2D eigenvalue weighted by atomic mass is 10.1. The van der Waals surface area contributed by atoms with Gasteiger partial charge in [-0.25, -0.2) is 9.97 Å². The van der Waals surface area contributed by atoms with Crippen molar-refractivity contribution in [3.05, 3.63) is 24.3 Å². The molecule has 0 spiro atoms. The van der Waals surface area contributed by atoms with Crippen LogP contribution in [0.2, 0.25) is 0 Å². The van der Waals surface area contributed by atoms with Crippen LogP contribution in [0.4, 0.5) is 0 Å². The van der Waals surface area contributed by atoms with E-state index in [-0.39, 0.29) is 0 Å². The average Bonchev–Trinajstić information content (AvgIpc) is 2.09. The number of nitriles is 2. The molecule has 0 fully saturated rings. The molecule has 0 radical (unpaired) electrons. The van der Waals surface area contributed by atoms with Gasteiger partial charge in [0.25, 0.3) is 0 Å². The summed E-state index contributed by atoms with van der Waals surface area (Å²) in [6.07, 6.45) is 4.28. The molecule has 0 N–H and O–H groups in total. The molecule has 0 amide bonds. The van der Waals surface area contributed by atoms with E-state index in [4.69, 9.17) is 10.5 Å². The molecular formula is C7H4N4. The molecule has 0 saturated heterocycles. The molecule has 4 heteroatoms. The quantitative estimate of drug-likeness (QED) is 0.578. The first-order chi connectivity index (χ1) is 5.38. The van der Waals surface area contributed by atoms with Crippen LogP contribution in [-0.2, 0) is 0 Å². The standard InChI is InChI=1S/C7H4N4/c8-1-6(2-9)7-3-10-5-11-4-7/h3-6H. The topological polar surface area (TPSA) is 73.4 Å². The van der Waals surface area contributed by atoms with Crippen molar-refractivity contribution in [3.63, 3.8) is 0 Å². The normalized spacial score (nSPS) is 8.64. The van der Waals surface area contributed by atoms with Gasteiger partial charge in [0.05, 0.1) is 12.1 Å². The molecule has 1 rings (SSSR count). The fourth-order valence-electron chi connectivity index (χ4n) is 0.638. The number of rotatable bonds is 1. The molecule has 0 aliphatic rings. The highest BCUT2D eigenvalue weighted by Gasteiger charge is 2.07. The van der Waals surface area contributed by atoms with Gasteiger partial charge < -0.3 is 0 Å². The second-order valence-electron chi connectivity index (χ2n) is 1.86. The van der Waals surface area contributed by atoms with Crippen LogP contribution in [0.1, 0.15) is 11.5 Å². The van der Waals surface area contributed by atoms with Gasteiger partial charge in [-0.05, 0) is 0 Å². The Morgan fingerprint density at radius 1 is 1.18 bits per heavy atom. The molecule has 0 aliphatic heterocycles. The van der Waals surface area contributed by atoms with Crippen LogP contribution >= 0.6 is 0 Å². The molecule has 4 nitrogen and oxygen atoms in total. The highest BCUT2D eigenvalue weighted by atomic mass is 14.8. The van der Waals surface area contributed by atoms with E-state index < -0.39 is 5.92 Å². The van der Waals surface area contributed by atoms with Crippen LogP contribution in [0.5, 0.6) is 0 Å². The van der Waals surface area contributed by atoms with E-state index in [9.17, 15) is 0 Å². The summed E-state index contributed by atoms with van der Waals surface area (Å²) in [7, 11) is 0. The molecular weight excluding hydrogens is 140 g/mol. The van der Waals surface area contributed by atoms with E-state index in [0.717, 1.165) is 0 Å². The first-order valence-electron chi connectivity index (χ1n) is 2.92. The minimum absolute atomic E-state index is 0.539. The smallest absolute Gasteiger partial charge is 0.161 e. The zero-order chi connectivity index (χ0) is 8.10. The number of aromatic nitrogens is 2. The van der Waals surface area contributed by atoms with Gasteiger partial charge in [0.2, 0.25) is 0 Å².